The van der Waals surface area contributed by atoms with E-state index in [-0.39, 0.29) is 11.6 Å². The molecule has 12 heteroatoms. The molecule has 1 saturated carbocycles. The van der Waals surface area contributed by atoms with E-state index in [1.54, 1.807) is 12.2 Å². The fraction of sp³-hybridized carbons (Fsp3) is 0.654. The van der Waals surface area contributed by atoms with Gasteiger partial charge in [-0.15, -0.1) is 0 Å². The van der Waals surface area contributed by atoms with Crippen molar-refractivity contribution in [1.29, 1.82) is 0 Å². The van der Waals surface area contributed by atoms with Crippen molar-refractivity contribution < 1.29 is 17.9 Å². The van der Waals surface area contributed by atoms with Gasteiger partial charge in [0.2, 0.25) is 10.0 Å². The molecule has 0 aromatic carbocycles. The molecule has 2 atom stereocenters. The van der Waals surface area contributed by atoms with Gasteiger partial charge in [-0.05, 0) is 32.8 Å². The maximum absolute atomic E-state index is 13.4. The van der Waals surface area contributed by atoms with Crippen molar-refractivity contribution >= 4 is 21.2 Å². The predicted octanol–water partition coefficient (Wildman–Crippen LogP) is 1.96. The van der Waals surface area contributed by atoms with Crippen LogP contribution in [0.25, 0.3) is 11.2 Å². The van der Waals surface area contributed by atoms with Crippen LogP contribution in [-0.4, -0.2) is 83.9 Å². The number of aryl methyl sites for hydroxylation is 1. The number of fused-ring (bicyclic) bond motifs is 1. The summed E-state index contributed by atoms with van der Waals surface area (Å²) in [6, 6.07) is 0. The third kappa shape index (κ3) is 5.31. The van der Waals surface area contributed by atoms with E-state index in [0.717, 1.165) is 44.5 Å². The summed E-state index contributed by atoms with van der Waals surface area (Å²) in [6.45, 7) is 9.78. The number of sulfonamides is 1. The fourth-order valence-electron chi connectivity index (χ4n) is 5.86. The molecule has 0 amide bonds. The van der Waals surface area contributed by atoms with E-state index < -0.39 is 21.2 Å². The lowest BCUT2D eigenvalue weighted by atomic mass is 9.91. The second-order valence-electron chi connectivity index (χ2n) is 10.3. The summed E-state index contributed by atoms with van der Waals surface area (Å²) in [4.78, 5) is 27.9. The van der Waals surface area contributed by atoms with Gasteiger partial charge in [0, 0.05) is 43.6 Å². The first-order valence-electron chi connectivity index (χ1n) is 13.6. The normalized spacial score (nSPS) is 23.6. The molecule has 38 heavy (non-hydrogen) atoms. The standard InChI is InChI=1S/C26H38N6O5S/c1-4-37-20-9-10-21(38(34,35)27-11-12-31-13-15-36-16-14-31)17(2)22(20)24-29-25-23(19-7-5-6-8-19)28-18(3)32(25)26(33)30-24/h9-10,17,19,21,27H,4-8,11-16H2,1-3H3,(H,29,30,33). The van der Waals surface area contributed by atoms with Crippen LogP contribution in [0.4, 0.5) is 0 Å². The summed E-state index contributed by atoms with van der Waals surface area (Å²) >= 11 is 0. The number of rotatable bonds is 9. The molecule has 0 spiro atoms. The molecule has 2 N–H and O–H groups in total. The van der Waals surface area contributed by atoms with Gasteiger partial charge in [-0.25, -0.2) is 32.3 Å². The molecule has 2 aromatic rings. The molecule has 1 aliphatic heterocycles. The molecule has 3 heterocycles. The molecule has 0 bridgehead atoms. The number of hydrogen-bond acceptors (Lipinski definition) is 8. The van der Waals surface area contributed by atoms with Crippen molar-refractivity contribution in [2.24, 2.45) is 5.92 Å². The number of nitrogens with one attached hydrogen (secondary N) is 2. The first-order chi connectivity index (χ1) is 18.3. The average Bonchev–Trinajstić information content (AvgIpc) is 3.53. The van der Waals surface area contributed by atoms with Crippen LogP contribution in [0.5, 0.6) is 0 Å². The maximum atomic E-state index is 13.4. The van der Waals surface area contributed by atoms with Gasteiger partial charge < -0.3 is 9.47 Å². The number of H-pyrrole nitrogens is 1. The Kier molecular flexibility index (Phi) is 8.03. The summed E-state index contributed by atoms with van der Waals surface area (Å²) in [5.74, 6) is 1.21. The average molecular weight is 547 g/mol. The topological polar surface area (TPSA) is 131 Å². The van der Waals surface area contributed by atoms with Crippen LogP contribution in [-0.2, 0) is 19.5 Å². The number of imidazole rings is 1. The van der Waals surface area contributed by atoms with Crippen LogP contribution < -0.4 is 10.4 Å². The van der Waals surface area contributed by atoms with E-state index >= 15 is 0 Å². The molecule has 2 unspecified atom stereocenters. The minimum atomic E-state index is -3.70. The van der Waals surface area contributed by atoms with Crippen LogP contribution in [0.15, 0.2) is 22.7 Å². The van der Waals surface area contributed by atoms with Crippen molar-refractivity contribution in [3.05, 3.63) is 45.7 Å². The van der Waals surface area contributed by atoms with Gasteiger partial charge in [0.25, 0.3) is 0 Å². The van der Waals surface area contributed by atoms with E-state index in [9.17, 15) is 13.2 Å². The fourth-order valence-corrected chi connectivity index (χ4v) is 7.39. The first-order valence-corrected chi connectivity index (χ1v) is 15.2. The Hall–Kier alpha value is -2.54. The lowest BCUT2D eigenvalue weighted by molar-refractivity contribution is 0.0390. The van der Waals surface area contributed by atoms with Gasteiger partial charge in [-0.2, -0.15) is 0 Å². The summed E-state index contributed by atoms with van der Waals surface area (Å²) in [5.41, 5.74) is 1.63. The Morgan fingerprint density at radius 3 is 2.66 bits per heavy atom. The van der Waals surface area contributed by atoms with Gasteiger partial charge >= 0.3 is 5.69 Å². The third-order valence-electron chi connectivity index (χ3n) is 7.83. The number of allylic oxidation sites excluding steroid dienone is 2. The number of hydrogen-bond donors (Lipinski definition) is 2. The van der Waals surface area contributed by atoms with Crippen molar-refractivity contribution in [2.75, 3.05) is 46.0 Å². The van der Waals surface area contributed by atoms with E-state index in [0.29, 0.717) is 61.5 Å². The van der Waals surface area contributed by atoms with Gasteiger partial charge in [-0.3, -0.25) is 9.88 Å². The molecule has 208 valence electrons. The van der Waals surface area contributed by atoms with E-state index in [4.69, 9.17) is 19.4 Å². The summed E-state index contributed by atoms with van der Waals surface area (Å²) in [5, 5.41) is -0.839. The third-order valence-corrected chi connectivity index (χ3v) is 9.72. The Morgan fingerprint density at radius 1 is 1.21 bits per heavy atom. The molecule has 3 aliphatic rings. The molecular weight excluding hydrogens is 508 g/mol. The zero-order chi connectivity index (χ0) is 26.9. The lowest BCUT2D eigenvalue weighted by Gasteiger charge is -2.29. The Balaban J connectivity index is 1.46. The molecule has 11 nitrogen and oxygen atoms in total. The molecule has 1 saturated heterocycles. The van der Waals surface area contributed by atoms with Crippen LogP contribution >= 0.6 is 0 Å². The van der Waals surface area contributed by atoms with E-state index in [1.807, 2.05) is 20.8 Å². The highest BCUT2D eigenvalue weighted by atomic mass is 32.2. The zero-order valence-electron chi connectivity index (χ0n) is 22.4. The Labute approximate surface area is 223 Å². The van der Waals surface area contributed by atoms with E-state index in [1.165, 1.54) is 4.40 Å². The highest BCUT2D eigenvalue weighted by Gasteiger charge is 2.37. The summed E-state index contributed by atoms with van der Waals surface area (Å²) < 4.78 is 42.4. The minimum Gasteiger partial charge on any atom is -0.493 e. The number of nitrogens with zero attached hydrogens (tertiary/aromatic N) is 4. The van der Waals surface area contributed by atoms with Crippen molar-refractivity contribution in [3.8, 4) is 0 Å². The number of aromatic nitrogens is 4. The molecular formula is C26H38N6O5S. The second-order valence-corrected chi connectivity index (χ2v) is 12.2. The monoisotopic (exact) mass is 546 g/mol. The van der Waals surface area contributed by atoms with E-state index in [2.05, 4.69) is 14.6 Å². The van der Waals surface area contributed by atoms with Crippen molar-refractivity contribution in [1.82, 2.24) is 29.0 Å². The summed E-state index contributed by atoms with van der Waals surface area (Å²) in [7, 11) is -3.70. The second kappa shape index (κ2) is 11.3. The minimum absolute atomic E-state index is 0.272. The van der Waals surface area contributed by atoms with Gasteiger partial charge in [0.1, 0.15) is 22.7 Å². The van der Waals surface area contributed by atoms with Gasteiger partial charge in [0.05, 0.1) is 25.5 Å². The quantitative estimate of drug-likeness (QED) is 0.488. The first kappa shape index (κ1) is 27.0. The van der Waals surface area contributed by atoms with Gasteiger partial charge in [-0.1, -0.05) is 25.8 Å². The largest absolute Gasteiger partial charge is 0.493 e. The number of ether oxygens (including phenoxy) is 2. The summed E-state index contributed by atoms with van der Waals surface area (Å²) in [6.07, 6.45) is 7.68. The zero-order valence-corrected chi connectivity index (χ0v) is 23.2. The number of aromatic amines is 1. The van der Waals surface area contributed by atoms with Crippen LogP contribution in [0.2, 0.25) is 0 Å². The van der Waals surface area contributed by atoms with Gasteiger partial charge in [0.15, 0.2) is 5.65 Å². The molecule has 0 radical (unpaired) electrons. The van der Waals surface area contributed by atoms with Crippen LogP contribution in [0.3, 0.4) is 0 Å². The van der Waals surface area contributed by atoms with Crippen LogP contribution in [0, 0.1) is 12.8 Å². The van der Waals surface area contributed by atoms with Crippen molar-refractivity contribution in [2.45, 2.75) is 57.6 Å². The highest BCUT2D eigenvalue weighted by Crippen LogP contribution is 2.37. The predicted molar refractivity (Wildman–Crippen MR) is 144 cm³/mol. The molecule has 2 aromatic heterocycles. The Bertz CT molecular complexity index is 1380. The highest BCUT2D eigenvalue weighted by molar-refractivity contribution is 7.90. The smallest absolute Gasteiger partial charge is 0.334 e. The Morgan fingerprint density at radius 2 is 1.95 bits per heavy atom. The molecule has 2 aliphatic carbocycles. The molecule has 2 fully saturated rings. The SMILES string of the molecule is CCOC1=C(c2nc3c(C4CCCC4)nc(C)n3c(=O)[nH]2)C(C)C(S(=O)(=O)NCCN2CCOCC2)C=C1. The van der Waals surface area contributed by atoms with Crippen molar-refractivity contribution in [3.63, 3.8) is 0 Å². The number of morpholine rings is 1. The maximum Gasteiger partial charge on any atom is 0.334 e. The molecule has 5 rings (SSSR count). The van der Waals surface area contributed by atoms with Crippen LogP contribution in [0.1, 0.15) is 62.8 Å². The lowest BCUT2D eigenvalue weighted by Crippen LogP contribution is -2.44.